The molecule has 2 aromatic heterocycles. The summed E-state index contributed by atoms with van der Waals surface area (Å²) in [5.41, 5.74) is -2.33. The van der Waals surface area contributed by atoms with Crippen LogP contribution in [0.2, 0.25) is 0 Å². The van der Waals surface area contributed by atoms with E-state index < -0.39 is 33.1 Å². The second-order valence-corrected chi connectivity index (χ2v) is 8.95. The third-order valence-corrected chi connectivity index (χ3v) is 4.88. The third-order valence-electron chi connectivity index (χ3n) is 3.97. The van der Waals surface area contributed by atoms with Crippen molar-refractivity contribution in [3.63, 3.8) is 0 Å². The van der Waals surface area contributed by atoms with E-state index in [2.05, 4.69) is 20.4 Å². The molecule has 4 N–H and O–H groups in total. The number of nitrogens with two attached hydrogens (primary N) is 1. The lowest BCUT2D eigenvalue weighted by Gasteiger charge is -2.16. The smallest absolute Gasteiger partial charge is 0.389 e. The van der Waals surface area contributed by atoms with Gasteiger partial charge in [-0.25, -0.2) is 23.5 Å². The molecule has 0 radical (unpaired) electrons. The average Bonchev–Trinajstić information content (AvgIpc) is 3.07. The number of halogens is 3. The fraction of sp³-hybridized carbons (Fsp3) is 0.278. The van der Waals surface area contributed by atoms with E-state index in [0.717, 1.165) is 0 Å². The van der Waals surface area contributed by atoms with Crippen molar-refractivity contribution in [1.29, 1.82) is 0 Å². The van der Waals surface area contributed by atoms with Crippen molar-refractivity contribution in [2.75, 3.05) is 5.32 Å². The van der Waals surface area contributed by atoms with Crippen molar-refractivity contribution >= 4 is 21.7 Å². The summed E-state index contributed by atoms with van der Waals surface area (Å²) in [5.74, 6) is -0.190. The molecule has 3 rings (SSSR count). The summed E-state index contributed by atoms with van der Waals surface area (Å²) in [7, 11) is -3.97. The predicted octanol–water partition coefficient (Wildman–Crippen LogP) is 2.52. The molecule has 0 unspecified atom stereocenters. The number of primary sulfonamides is 1. The van der Waals surface area contributed by atoms with E-state index in [1.54, 1.807) is 0 Å². The third kappa shape index (κ3) is 5.77. The van der Waals surface area contributed by atoms with Gasteiger partial charge in [-0.2, -0.15) is 18.3 Å². The lowest BCUT2D eigenvalue weighted by atomic mass is 10.1. The molecule has 0 fully saturated rings. The Morgan fingerprint density at radius 2 is 1.94 bits per heavy atom. The minimum absolute atomic E-state index is 0.0604. The minimum atomic E-state index is -4.72. The molecule has 1 aromatic carbocycles. The van der Waals surface area contributed by atoms with Crippen LogP contribution in [0.15, 0.2) is 47.8 Å². The fourth-order valence-electron chi connectivity index (χ4n) is 2.72. The molecule has 0 bridgehead atoms. The summed E-state index contributed by atoms with van der Waals surface area (Å²) in [6.07, 6.45) is -1.56. The number of nitrogens with one attached hydrogen (secondary N) is 1. The Labute approximate surface area is 175 Å². The summed E-state index contributed by atoms with van der Waals surface area (Å²) in [5, 5.41) is 21.6. The molecule has 31 heavy (non-hydrogen) atoms. The molecule has 0 aliphatic carbocycles. The second kappa shape index (κ2) is 7.90. The van der Waals surface area contributed by atoms with Crippen molar-refractivity contribution in [3.8, 4) is 11.3 Å². The van der Waals surface area contributed by atoms with Crippen molar-refractivity contribution in [1.82, 2.24) is 19.7 Å². The van der Waals surface area contributed by atoms with Gasteiger partial charge in [0.05, 0.1) is 28.9 Å². The minimum Gasteiger partial charge on any atom is -0.389 e. The molecule has 2 heterocycles. The van der Waals surface area contributed by atoms with Crippen LogP contribution in [0.5, 0.6) is 0 Å². The summed E-state index contributed by atoms with van der Waals surface area (Å²) in [6, 6.07) is 5.37. The molecule has 0 spiro atoms. The molecule has 9 nitrogen and oxygen atoms in total. The van der Waals surface area contributed by atoms with Crippen LogP contribution in [0.1, 0.15) is 19.4 Å². The number of rotatable bonds is 6. The average molecular weight is 456 g/mol. The van der Waals surface area contributed by atoms with Crippen molar-refractivity contribution in [3.05, 3.63) is 48.4 Å². The number of benzene rings is 1. The van der Waals surface area contributed by atoms with Crippen LogP contribution >= 0.6 is 0 Å². The van der Waals surface area contributed by atoms with Crippen LogP contribution in [-0.2, 0) is 22.7 Å². The number of sulfonamides is 1. The maximum Gasteiger partial charge on any atom is 0.419 e. The highest BCUT2D eigenvalue weighted by molar-refractivity contribution is 7.89. The Kier molecular flexibility index (Phi) is 5.78. The van der Waals surface area contributed by atoms with E-state index in [9.17, 15) is 26.7 Å². The quantitative estimate of drug-likeness (QED) is 0.518. The number of aromatic nitrogens is 4. The summed E-state index contributed by atoms with van der Waals surface area (Å²) >= 11 is 0. The molecule has 166 valence electrons. The monoisotopic (exact) mass is 456 g/mol. The summed E-state index contributed by atoms with van der Waals surface area (Å²) < 4.78 is 64.8. The molecule has 0 aliphatic rings. The highest BCUT2D eigenvalue weighted by atomic mass is 32.2. The van der Waals surface area contributed by atoms with Gasteiger partial charge in [-0.05, 0) is 32.0 Å². The standard InChI is InChI=1S/C18H19F3N6O3S/c1-17(2,28)10-27-9-11(7-24-27)15-14(18(19,20)21)8-23-16(26-15)25-12-4-3-5-13(6-12)31(22,29)30/h3-9,28H,10H2,1-2H3,(H2,22,29,30)(H,23,25,26). The van der Waals surface area contributed by atoms with E-state index in [4.69, 9.17) is 5.14 Å². The van der Waals surface area contributed by atoms with Gasteiger partial charge in [0.25, 0.3) is 0 Å². The molecule has 0 saturated heterocycles. The normalized spacial score (nSPS) is 12.7. The number of alkyl halides is 3. The molecule has 0 saturated carbocycles. The Morgan fingerprint density at radius 1 is 1.23 bits per heavy atom. The largest absolute Gasteiger partial charge is 0.419 e. The highest BCUT2D eigenvalue weighted by Gasteiger charge is 2.36. The Morgan fingerprint density at radius 3 is 2.55 bits per heavy atom. The predicted molar refractivity (Wildman–Crippen MR) is 106 cm³/mol. The zero-order valence-corrected chi connectivity index (χ0v) is 17.2. The summed E-state index contributed by atoms with van der Waals surface area (Å²) in [4.78, 5) is 7.48. The zero-order valence-electron chi connectivity index (χ0n) is 16.4. The molecule has 0 aliphatic heterocycles. The van der Waals surface area contributed by atoms with Gasteiger partial charge in [-0.15, -0.1) is 0 Å². The van der Waals surface area contributed by atoms with Crippen molar-refractivity contribution in [2.24, 2.45) is 5.14 Å². The van der Waals surface area contributed by atoms with E-state index in [0.29, 0.717) is 6.20 Å². The van der Waals surface area contributed by atoms with E-state index in [-0.39, 0.29) is 28.6 Å². The topological polar surface area (TPSA) is 136 Å². The number of hydrogen-bond donors (Lipinski definition) is 3. The van der Waals surface area contributed by atoms with Crippen molar-refractivity contribution in [2.45, 2.75) is 37.1 Å². The first kappa shape index (κ1) is 22.7. The van der Waals surface area contributed by atoms with Gasteiger partial charge in [0.1, 0.15) is 5.56 Å². The first-order chi connectivity index (χ1) is 14.2. The van der Waals surface area contributed by atoms with E-state index in [1.807, 2.05) is 0 Å². The fourth-order valence-corrected chi connectivity index (χ4v) is 3.28. The molecule has 0 atom stereocenters. The van der Waals surface area contributed by atoms with Crippen LogP contribution in [0.25, 0.3) is 11.3 Å². The number of nitrogens with zero attached hydrogens (tertiary/aromatic N) is 4. The van der Waals surface area contributed by atoms with Gasteiger partial charge in [0.15, 0.2) is 0 Å². The van der Waals surface area contributed by atoms with Gasteiger partial charge in [0, 0.05) is 23.6 Å². The van der Waals surface area contributed by atoms with E-state index >= 15 is 0 Å². The van der Waals surface area contributed by atoms with Gasteiger partial charge >= 0.3 is 6.18 Å². The van der Waals surface area contributed by atoms with Crippen LogP contribution in [0.3, 0.4) is 0 Å². The van der Waals surface area contributed by atoms with Gasteiger partial charge in [-0.3, -0.25) is 4.68 Å². The van der Waals surface area contributed by atoms with Crippen LogP contribution < -0.4 is 10.5 Å². The first-order valence-corrected chi connectivity index (χ1v) is 10.4. The maximum absolute atomic E-state index is 13.5. The number of hydrogen-bond acceptors (Lipinski definition) is 7. The number of aliphatic hydroxyl groups is 1. The Hall–Kier alpha value is -3.03. The zero-order chi connectivity index (χ0) is 23.0. The maximum atomic E-state index is 13.5. The SMILES string of the molecule is CC(C)(O)Cn1cc(-c2nc(Nc3cccc(S(N)(=O)=O)c3)ncc2C(F)(F)F)cn1. The Bertz CT molecular complexity index is 1200. The molecule has 13 heteroatoms. The van der Waals surface area contributed by atoms with Gasteiger partial charge in [0.2, 0.25) is 16.0 Å². The lowest BCUT2D eigenvalue weighted by molar-refractivity contribution is -0.137. The highest BCUT2D eigenvalue weighted by Crippen LogP contribution is 2.36. The van der Waals surface area contributed by atoms with E-state index in [1.165, 1.54) is 55.2 Å². The first-order valence-electron chi connectivity index (χ1n) is 8.82. The molecule has 0 amide bonds. The van der Waals surface area contributed by atoms with Crippen molar-refractivity contribution < 1.29 is 26.7 Å². The number of anilines is 2. The molecular weight excluding hydrogens is 437 g/mol. The van der Waals surface area contributed by atoms with Gasteiger partial charge < -0.3 is 10.4 Å². The molecular formula is C18H19F3N6O3S. The molecule has 3 aromatic rings. The van der Waals surface area contributed by atoms with Gasteiger partial charge in [-0.1, -0.05) is 6.07 Å². The second-order valence-electron chi connectivity index (χ2n) is 7.39. The van der Waals surface area contributed by atoms with Crippen LogP contribution in [0, 0.1) is 0 Å². The van der Waals surface area contributed by atoms with Crippen LogP contribution in [-0.4, -0.2) is 38.9 Å². The Balaban J connectivity index is 2.01. The van der Waals surface area contributed by atoms with Crippen LogP contribution in [0.4, 0.5) is 24.8 Å². The lowest BCUT2D eigenvalue weighted by Crippen LogP contribution is -2.26. The summed E-state index contributed by atoms with van der Waals surface area (Å²) in [6.45, 7) is 3.14.